The summed E-state index contributed by atoms with van der Waals surface area (Å²) in [6.07, 6.45) is 1.19. The van der Waals surface area contributed by atoms with E-state index in [1.165, 1.54) is 11.3 Å². The number of aromatic nitrogens is 1. The van der Waals surface area contributed by atoms with Crippen LogP contribution in [0.15, 0.2) is 47.2 Å². The summed E-state index contributed by atoms with van der Waals surface area (Å²) >= 11 is 3.02. The monoisotopic (exact) mass is 400 g/mol. The predicted octanol–water partition coefficient (Wildman–Crippen LogP) is 4.84. The molecule has 0 saturated carbocycles. The fourth-order valence-electron chi connectivity index (χ4n) is 2.92. The van der Waals surface area contributed by atoms with E-state index in [2.05, 4.69) is 11.9 Å². The van der Waals surface area contributed by atoms with Gasteiger partial charge in [0.25, 0.3) is 5.91 Å². The van der Waals surface area contributed by atoms with Crippen molar-refractivity contribution in [3.63, 3.8) is 0 Å². The third-order valence-corrected chi connectivity index (χ3v) is 6.23. The summed E-state index contributed by atoms with van der Waals surface area (Å²) < 4.78 is 0. The molecule has 1 N–H and O–H groups in total. The number of hydrogen-bond donors (Lipinski definition) is 1. The van der Waals surface area contributed by atoms with E-state index in [1.54, 1.807) is 16.2 Å². The van der Waals surface area contributed by atoms with Crippen LogP contribution in [0.4, 0.5) is 0 Å². The van der Waals surface area contributed by atoms with Gasteiger partial charge < -0.3 is 10.0 Å². The minimum atomic E-state index is -0.702. The molecule has 3 rings (SSSR count). The molecule has 1 atom stereocenters. The van der Waals surface area contributed by atoms with Gasteiger partial charge in [-0.2, -0.15) is 11.3 Å². The fourth-order valence-corrected chi connectivity index (χ4v) is 4.76. The molecule has 0 saturated heterocycles. The Morgan fingerprint density at radius 2 is 2.04 bits per heavy atom. The second-order valence-electron chi connectivity index (χ2n) is 6.52. The van der Waals surface area contributed by atoms with Gasteiger partial charge in [0.2, 0.25) is 0 Å². The van der Waals surface area contributed by atoms with Gasteiger partial charge in [0.15, 0.2) is 0 Å². The highest BCUT2D eigenvalue weighted by atomic mass is 32.1. The summed E-state index contributed by atoms with van der Waals surface area (Å²) in [6, 6.07) is 11.8. The molecule has 1 amide bonds. The molecule has 0 radical (unpaired) electrons. The van der Waals surface area contributed by atoms with Crippen molar-refractivity contribution in [1.29, 1.82) is 0 Å². The molecule has 0 bridgehead atoms. The van der Waals surface area contributed by atoms with Crippen molar-refractivity contribution >= 4 is 28.6 Å². The average molecular weight is 401 g/mol. The molecular weight excluding hydrogens is 376 g/mol. The number of aliphatic hydroxyl groups is 1. The van der Waals surface area contributed by atoms with Crippen LogP contribution in [0, 0.1) is 6.92 Å². The van der Waals surface area contributed by atoms with E-state index in [1.807, 2.05) is 54.1 Å². The number of aryl methyl sites for hydroxylation is 2. The van der Waals surface area contributed by atoms with Gasteiger partial charge in [-0.25, -0.2) is 4.98 Å². The molecule has 0 aliphatic heterocycles. The van der Waals surface area contributed by atoms with Crippen molar-refractivity contribution < 1.29 is 9.90 Å². The van der Waals surface area contributed by atoms with Crippen LogP contribution in [0.3, 0.4) is 0 Å². The van der Waals surface area contributed by atoms with Gasteiger partial charge in [0.1, 0.15) is 4.88 Å². The van der Waals surface area contributed by atoms with Gasteiger partial charge in [-0.1, -0.05) is 37.3 Å². The zero-order valence-corrected chi connectivity index (χ0v) is 17.2. The Morgan fingerprint density at radius 3 is 2.70 bits per heavy atom. The van der Waals surface area contributed by atoms with Crippen molar-refractivity contribution in [3.05, 3.63) is 73.9 Å². The predicted molar refractivity (Wildman–Crippen MR) is 111 cm³/mol. The van der Waals surface area contributed by atoms with Gasteiger partial charge in [-0.15, -0.1) is 11.3 Å². The smallest absolute Gasteiger partial charge is 0.266 e. The fraction of sp³-hybridized carbons (Fsp3) is 0.333. The SMILES string of the molecule is CCCc1nc(C)c(C(=O)N(Cc2ccccc2)CC(O)c2ccsc2)s1. The second-order valence-corrected chi connectivity index (χ2v) is 8.38. The standard InChI is InChI=1S/C21H24N2O2S2/c1-3-7-19-22-15(2)20(27-19)21(25)23(12-16-8-5-4-6-9-16)13-18(24)17-10-11-26-14-17/h4-6,8-11,14,18,24H,3,7,12-13H2,1-2H3. The second kappa shape index (κ2) is 9.26. The zero-order valence-electron chi connectivity index (χ0n) is 15.6. The Hall–Kier alpha value is -2.02. The quantitative estimate of drug-likeness (QED) is 0.588. The Labute approximate surface area is 168 Å². The number of thiazole rings is 1. The van der Waals surface area contributed by atoms with Crippen LogP contribution in [0.1, 0.15) is 50.9 Å². The normalized spacial score (nSPS) is 12.1. The molecule has 0 spiro atoms. The summed E-state index contributed by atoms with van der Waals surface area (Å²) in [5.41, 5.74) is 2.66. The maximum absolute atomic E-state index is 13.3. The van der Waals surface area contributed by atoms with E-state index in [9.17, 15) is 9.90 Å². The molecule has 0 aliphatic carbocycles. The van der Waals surface area contributed by atoms with Crippen LogP contribution in [0.2, 0.25) is 0 Å². The van der Waals surface area contributed by atoms with E-state index in [0.29, 0.717) is 11.4 Å². The Balaban J connectivity index is 1.84. The molecule has 0 fully saturated rings. The van der Waals surface area contributed by atoms with E-state index in [0.717, 1.165) is 34.7 Å². The molecule has 1 aromatic carbocycles. The summed E-state index contributed by atoms with van der Waals surface area (Å²) in [7, 11) is 0. The van der Waals surface area contributed by atoms with Crippen LogP contribution < -0.4 is 0 Å². The minimum Gasteiger partial charge on any atom is -0.387 e. The lowest BCUT2D eigenvalue weighted by molar-refractivity contribution is 0.0608. The van der Waals surface area contributed by atoms with E-state index >= 15 is 0 Å². The molecule has 4 nitrogen and oxygen atoms in total. The third kappa shape index (κ3) is 5.03. The summed E-state index contributed by atoms with van der Waals surface area (Å²) in [4.78, 5) is 20.2. The molecule has 3 aromatic rings. The summed E-state index contributed by atoms with van der Waals surface area (Å²) in [6.45, 7) is 4.71. The van der Waals surface area contributed by atoms with Gasteiger partial charge in [-0.3, -0.25) is 4.79 Å². The van der Waals surface area contributed by atoms with Crippen LogP contribution in [-0.2, 0) is 13.0 Å². The number of benzene rings is 1. The van der Waals surface area contributed by atoms with Crippen LogP contribution in [0.5, 0.6) is 0 Å². The number of amides is 1. The van der Waals surface area contributed by atoms with Gasteiger partial charge in [-0.05, 0) is 47.7 Å². The molecule has 2 heterocycles. The molecule has 142 valence electrons. The van der Waals surface area contributed by atoms with Crippen LogP contribution >= 0.6 is 22.7 Å². The molecule has 2 aromatic heterocycles. The van der Waals surface area contributed by atoms with E-state index in [4.69, 9.17) is 0 Å². The first-order chi connectivity index (χ1) is 13.1. The topological polar surface area (TPSA) is 53.4 Å². The molecular formula is C21H24N2O2S2. The van der Waals surface area contributed by atoms with Crippen molar-refractivity contribution in [2.75, 3.05) is 6.54 Å². The molecule has 6 heteroatoms. The molecule has 1 unspecified atom stereocenters. The molecule has 0 aliphatic rings. The highest BCUT2D eigenvalue weighted by Gasteiger charge is 2.24. The number of thiophene rings is 1. The number of rotatable bonds is 8. The first-order valence-electron chi connectivity index (χ1n) is 9.08. The Morgan fingerprint density at radius 1 is 1.26 bits per heavy atom. The highest BCUT2D eigenvalue weighted by molar-refractivity contribution is 7.13. The summed E-state index contributed by atoms with van der Waals surface area (Å²) in [5, 5.41) is 15.5. The first kappa shape index (κ1) is 19.7. The minimum absolute atomic E-state index is 0.0644. The lowest BCUT2D eigenvalue weighted by Crippen LogP contribution is -2.34. The van der Waals surface area contributed by atoms with Crippen molar-refractivity contribution in [2.24, 2.45) is 0 Å². The van der Waals surface area contributed by atoms with Gasteiger partial charge in [0, 0.05) is 6.54 Å². The maximum Gasteiger partial charge on any atom is 0.266 e. The molecule has 27 heavy (non-hydrogen) atoms. The van der Waals surface area contributed by atoms with Crippen LogP contribution in [-0.4, -0.2) is 27.4 Å². The Bertz CT molecular complexity index is 860. The van der Waals surface area contributed by atoms with E-state index in [-0.39, 0.29) is 12.5 Å². The van der Waals surface area contributed by atoms with Gasteiger partial charge in [0.05, 0.1) is 23.4 Å². The number of carbonyl (C=O) groups excluding carboxylic acids is 1. The summed E-state index contributed by atoms with van der Waals surface area (Å²) in [5.74, 6) is -0.0644. The first-order valence-corrected chi connectivity index (χ1v) is 10.8. The lowest BCUT2D eigenvalue weighted by atomic mass is 10.1. The third-order valence-electron chi connectivity index (χ3n) is 4.32. The van der Waals surface area contributed by atoms with Gasteiger partial charge >= 0.3 is 0 Å². The lowest BCUT2D eigenvalue weighted by Gasteiger charge is -2.25. The van der Waals surface area contributed by atoms with Crippen molar-refractivity contribution in [1.82, 2.24) is 9.88 Å². The zero-order chi connectivity index (χ0) is 19.2. The number of carbonyl (C=O) groups is 1. The van der Waals surface area contributed by atoms with Crippen molar-refractivity contribution in [2.45, 2.75) is 39.3 Å². The highest BCUT2D eigenvalue weighted by Crippen LogP contribution is 2.24. The number of aliphatic hydroxyl groups excluding tert-OH is 1. The maximum atomic E-state index is 13.3. The number of nitrogens with zero attached hydrogens (tertiary/aromatic N) is 2. The van der Waals surface area contributed by atoms with Crippen LogP contribution in [0.25, 0.3) is 0 Å². The Kier molecular flexibility index (Phi) is 6.77. The van der Waals surface area contributed by atoms with E-state index < -0.39 is 6.10 Å². The number of hydrogen-bond acceptors (Lipinski definition) is 5. The van der Waals surface area contributed by atoms with Crippen molar-refractivity contribution in [3.8, 4) is 0 Å². The largest absolute Gasteiger partial charge is 0.387 e. The average Bonchev–Trinajstić information content (AvgIpc) is 3.32.